The van der Waals surface area contributed by atoms with Crippen LogP contribution in [-0.2, 0) is 6.54 Å². The third-order valence-electron chi connectivity index (χ3n) is 3.68. The van der Waals surface area contributed by atoms with Gasteiger partial charge >= 0.3 is 0 Å². The Bertz CT molecular complexity index is 852. The summed E-state index contributed by atoms with van der Waals surface area (Å²) in [6.07, 6.45) is 6.38. The molecular formula is C18H14Cl4N2S. The van der Waals surface area contributed by atoms with Gasteiger partial charge in [-0.1, -0.05) is 52.5 Å². The number of aromatic nitrogens is 2. The number of aryl methyl sites for hydroxylation is 1. The highest BCUT2D eigenvalue weighted by Crippen LogP contribution is 2.44. The Hall–Kier alpha value is -0.840. The molecule has 1 heterocycles. The lowest BCUT2D eigenvalue weighted by Crippen LogP contribution is -2.02. The summed E-state index contributed by atoms with van der Waals surface area (Å²) >= 11 is 26.5. The fourth-order valence-electron chi connectivity index (χ4n) is 2.45. The van der Waals surface area contributed by atoms with E-state index >= 15 is 0 Å². The first-order valence-corrected chi connectivity index (χ1v) is 9.94. The number of benzene rings is 2. The van der Waals surface area contributed by atoms with Gasteiger partial charge in [-0.3, -0.25) is 0 Å². The van der Waals surface area contributed by atoms with E-state index in [9.17, 15) is 0 Å². The molecule has 0 aliphatic rings. The minimum atomic E-state index is 0.117. The smallest absolute Gasteiger partial charge is 0.0945 e. The number of imidazole rings is 1. The van der Waals surface area contributed by atoms with Gasteiger partial charge in [0.1, 0.15) is 0 Å². The van der Waals surface area contributed by atoms with Crippen molar-refractivity contribution in [1.29, 1.82) is 0 Å². The van der Waals surface area contributed by atoms with Crippen LogP contribution < -0.4 is 0 Å². The summed E-state index contributed by atoms with van der Waals surface area (Å²) in [7, 11) is 0. The molecule has 25 heavy (non-hydrogen) atoms. The van der Waals surface area contributed by atoms with Crippen molar-refractivity contribution in [2.45, 2.75) is 23.1 Å². The lowest BCUT2D eigenvalue weighted by atomic mass is 10.1. The van der Waals surface area contributed by atoms with Gasteiger partial charge in [0.25, 0.3) is 0 Å². The number of halogens is 4. The third-order valence-corrected chi connectivity index (χ3v) is 6.29. The Balaban J connectivity index is 1.87. The molecule has 3 rings (SSSR count). The summed E-state index contributed by atoms with van der Waals surface area (Å²) < 4.78 is 2.04. The number of nitrogens with zero attached hydrogens (tertiary/aromatic N) is 2. The standard InChI is InChI=1S/C18H14Cl4N2S/c19-12-1-3-14(15(21)9-12)17(5-7-24-8-6-23-11-24)25-18-4-2-13(20)10-16(18)22/h1-4,6,8-11,17H,5,7H2. The van der Waals surface area contributed by atoms with Crippen LogP contribution in [0.4, 0.5) is 0 Å². The first kappa shape index (κ1) is 18.9. The molecule has 3 aromatic rings. The number of hydrogen-bond donors (Lipinski definition) is 0. The highest BCUT2D eigenvalue weighted by Gasteiger charge is 2.18. The Labute approximate surface area is 171 Å². The number of thioether (sulfide) groups is 1. The molecule has 7 heteroatoms. The summed E-state index contributed by atoms with van der Waals surface area (Å²) in [5, 5.41) is 2.65. The van der Waals surface area contributed by atoms with Gasteiger partial charge in [-0.2, -0.15) is 0 Å². The summed E-state index contributed by atoms with van der Waals surface area (Å²) in [5.41, 5.74) is 1.03. The van der Waals surface area contributed by atoms with Crippen LogP contribution in [0.25, 0.3) is 0 Å². The lowest BCUT2D eigenvalue weighted by molar-refractivity contribution is 0.634. The van der Waals surface area contributed by atoms with Crippen LogP contribution in [0.5, 0.6) is 0 Å². The van der Waals surface area contributed by atoms with Crippen LogP contribution in [0.1, 0.15) is 17.2 Å². The van der Waals surface area contributed by atoms with Crippen LogP contribution in [0.3, 0.4) is 0 Å². The molecule has 0 aliphatic heterocycles. The maximum absolute atomic E-state index is 6.45. The van der Waals surface area contributed by atoms with Crippen LogP contribution in [0.15, 0.2) is 60.0 Å². The van der Waals surface area contributed by atoms with E-state index < -0.39 is 0 Å². The molecule has 1 unspecified atom stereocenters. The first-order chi connectivity index (χ1) is 12.0. The van der Waals surface area contributed by atoms with Crippen LogP contribution in [0, 0.1) is 0 Å². The predicted molar refractivity (Wildman–Crippen MR) is 108 cm³/mol. The van der Waals surface area contributed by atoms with Gasteiger partial charge in [0, 0.05) is 44.2 Å². The molecule has 0 saturated heterocycles. The molecule has 1 aromatic heterocycles. The van der Waals surface area contributed by atoms with E-state index in [0.29, 0.717) is 20.1 Å². The molecule has 2 aromatic carbocycles. The second-order valence-corrected chi connectivity index (χ2v) is 8.37. The quantitative estimate of drug-likeness (QED) is 0.377. The fraction of sp³-hybridized carbons (Fsp3) is 0.167. The second-order valence-electron chi connectivity index (χ2n) is 5.44. The average Bonchev–Trinajstić information content (AvgIpc) is 3.07. The zero-order valence-electron chi connectivity index (χ0n) is 13.0. The van der Waals surface area contributed by atoms with Gasteiger partial charge in [-0.15, -0.1) is 11.8 Å². The van der Waals surface area contributed by atoms with E-state index in [1.165, 1.54) is 0 Å². The number of hydrogen-bond acceptors (Lipinski definition) is 2. The van der Waals surface area contributed by atoms with Gasteiger partial charge in [-0.05, 0) is 42.3 Å². The van der Waals surface area contributed by atoms with E-state index in [1.54, 1.807) is 36.4 Å². The Morgan fingerprint density at radius 3 is 2.32 bits per heavy atom. The second kappa shape index (κ2) is 8.70. The Morgan fingerprint density at radius 1 is 0.960 bits per heavy atom. The van der Waals surface area contributed by atoms with Crippen molar-refractivity contribution in [1.82, 2.24) is 9.55 Å². The van der Waals surface area contributed by atoms with Crippen LogP contribution >= 0.6 is 58.2 Å². The van der Waals surface area contributed by atoms with Gasteiger partial charge in [0.05, 0.1) is 11.3 Å². The van der Waals surface area contributed by atoms with Gasteiger partial charge in [-0.25, -0.2) is 4.98 Å². The zero-order valence-corrected chi connectivity index (χ0v) is 16.8. The molecule has 0 fully saturated rings. The van der Waals surface area contributed by atoms with Crippen molar-refractivity contribution in [3.8, 4) is 0 Å². The molecular weight excluding hydrogens is 418 g/mol. The van der Waals surface area contributed by atoms with Crippen molar-refractivity contribution in [3.05, 3.63) is 80.8 Å². The highest BCUT2D eigenvalue weighted by molar-refractivity contribution is 7.99. The van der Waals surface area contributed by atoms with Gasteiger partial charge in [0.15, 0.2) is 0 Å². The molecule has 0 aliphatic carbocycles. The average molecular weight is 432 g/mol. The predicted octanol–water partition coefficient (Wildman–Crippen LogP) is 7.42. The van der Waals surface area contributed by atoms with Gasteiger partial charge in [0.2, 0.25) is 0 Å². The van der Waals surface area contributed by atoms with Crippen molar-refractivity contribution in [2.75, 3.05) is 0 Å². The Kier molecular flexibility index (Phi) is 6.59. The summed E-state index contributed by atoms with van der Waals surface area (Å²) in [4.78, 5) is 5.05. The lowest BCUT2D eigenvalue weighted by Gasteiger charge is -2.19. The topological polar surface area (TPSA) is 17.8 Å². The van der Waals surface area contributed by atoms with Crippen molar-refractivity contribution in [2.24, 2.45) is 0 Å². The van der Waals surface area contributed by atoms with E-state index in [2.05, 4.69) is 4.98 Å². The van der Waals surface area contributed by atoms with Gasteiger partial charge < -0.3 is 4.57 Å². The minimum absolute atomic E-state index is 0.117. The molecule has 1 atom stereocenters. The molecule has 0 N–H and O–H groups in total. The summed E-state index contributed by atoms with van der Waals surface area (Å²) in [5.74, 6) is 0. The molecule has 0 radical (unpaired) electrons. The SMILES string of the molecule is Clc1ccc(SC(CCn2ccnc2)c2ccc(Cl)cc2Cl)c(Cl)c1. The van der Waals surface area contributed by atoms with E-state index in [-0.39, 0.29) is 5.25 Å². The first-order valence-electron chi connectivity index (χ1n) is 7.55. The minimum Gasteiger partial charge on any atom is -0.337 e. The third kappa shape index (κ3) is 5.08. The maximum Gasteiger partial charge on any atom is 0.0945 e. The monoisotopic (exact) mass is 430 g/mol. The molecule has 0 bridgehead atoms. The largest absolute Gasteiger partial charge is 0.337 e. The normalized spacial score (nSPS) is 12.3. The van der Waals surface area contributed by atoms with E-state index in [4.69, 9.17) is 46.4 Å². The van der Waals surface area contributed by atoms with Crippen molar-refractivity contribution < 1.29 is 0 Å². The fourth-order valence-corrected chi connectivity index (χ4v) is 4.78. The van der Waals surface area contributed by atoms with Crippen LogP contribution in [0.2, 0.25) is 20.1 Å². The van der Waals surface area contributed by atoms with E-state index in [0.717, 1.165) is 23.4 Å². The van der Waals surface area contributed by atoms with E-state index in [1.807, 2.05) is 35.0 Å². The highest BCUT2D eigenvalue weighted by atomic mass is 35.5. The van der Waals surface area contributed by atoms with Crippen molar-refractivity contribution >= 4 is 58.2 Å². The molecule has 2 nitrogen and oxygen atoms in total. The van der Waals surface area contributed by atoms with Crippen LogP contribution in [-0.4, -0.2) is 9.55 Å². The van der Waals surface area contributed by atoms with Crippen molar-refractivity contribution in [3.63, 3.8) is 0 Å². The molecule has 0 amide bonds. The molecule has 0 saturated carbocycles. The summed E-state index contributed by atoms with van der Waals surface area (Å²) in [6, 6.07) is 11.1. The maximum atomic E-state index is 6.45. The number of rotatable bonds is 6. The molecule has 0 spiro atoms. The summed E-state index contributed by atoms with van der Waals surface area (Å²) in [6.45, 7) is 0.821. The Morgan fingerprint density at radius 2 is 1.68 bits per heavy atom. The molecule has 130 valence electrons. The zero-order chi connectivity index (χ0) is 17.8.